The van der Waals surface area contributed by atoms with E-state index in [-0.39, 0.29) is 18.0 Å². The number of nitrogens with zero attached hydrogens (tertiary/aromatic N) is 1. The van der Waals surface area contributed by atoms with Gasteiger partial charge in [0, 0.05) is 12.1 Å². The Morgan fingerprint density at radius 1 is 1.45 bits per heavy atom. The van der Waals surface area contributed by atoms with E-state index in [2.05, 4.69) is 0 Å². The molecule has 0 spiro atoms. The van der Waals surface area contributed by atoms with Gasteiger partial charge in [0.15, 0.2) is 5.75 Å². The van der Waals surface area contributed by atoms with Crippen LogP contribution < -0.4 is 4.74 Å². The lowest BCUT2D eigenvalue weighted by Crippen LogP contribution is -1.99. The molecule has 0 saturated heterocycles. The predicted octanol–water partition coefficient (Wildman–Crippen LogP) is 3.04. The van der Waals surface area contributed by atoms with Gasteiger partial charge in [0.05, 0.1) is 4.92 Å². The Morgan fingerprint density at radius 2 is 2.15 bits per heavy atom. The van der Waals surface area contributed by atoms with Gasteiger partial charge in [-0.1, -0.05) is 5.57 Å². The summed E-state index contributed by atoms with van der Waals surface area (Å²) in [7, 11) is 0. The first-order valence-corrected chi connectivity index (χ1v) is 5.85. The molecule has 0 aromatic heterocycles. The molecule has 0 aliphatic heterocycles. The van der Waals surface area contributed by atoms with Gasteiger partial charge in [-0.2, -0.15) is 0 Å². The molecule has 0 heterocycles. The SMILES string of the molecule is CC(C)=CCOc1cc(C=CC(=O)O)ccc1[N+](=O)[O-]. The summed E-state index contributed by atoms with van der Waals surface area (Å²) >= 11 is 0. The van der Waals surface area contributed by atoms with Crippen molar-refractivity contribution in [2.24, 2.45) is 0 Å². The van der Waals surface area contributed by atoms with Gasteiger partial charge in [-0.25, -0.2) is 4.79 Å². The molecule has 0 aliphatic rings. The highest BCUT2D eigenvalue weighted by atomic mass is 16.6. The van der Waals surface area contributed by atoms with Crippen LogP contribution in [0.15, 0.2) is 35.9 Å². The first-order valence-electron chi connectivity index (χ1n) is 5.85. The van der Waals surface area contributed by atoms with Crippen LogP contribution in [0.1, 0.15) is 19.4 Å². The van der Waals surface area contributed by atoms with Gasteiger partial charge in [-0.05, 0) is 43.7 Å². The first-order chi connectivity index (χ1) is 9.40. The molecule has 0 aliphatic carbocycles. The molecule has 0 unspecified atom stereocenters. The maximum absolute atomic E-state index is 10.9. The third-order valence-corrected chi connectivity index (χ3v) is 2.33. The van der Waals surface area contributed by atoms with E-state index in [9.17, 15) is 14.9 Å². The lowest BCUT2D eigenvalue weighted by Gasteiger charge is -2.05. The van der Waals surface area contributed by atoms with Gasteiger partial charge >= 0.3 is 11.7 Å². The number of rotatable bonds is 6. The number of ether oxygens (including phenoxy) is 1. The minimum atomic E-state index is -1.09. The minimum absolute atomic E-state index is 0.111. The van der Waals surface area contributed by atoms with Crippen LogP contribution in [0, 0.1) is 10.1 Å². The highest BCUT2D eigenvalue weighted by Gasteiger charge is 2.14. The van der Waals surface area contributed by atoms with Crippen LogP contribution in [0.5, 0.6) is 5.75 Å². The van der Waals surface area contributed by atoms with E-state index in [0.29, 0.717) is 5.56 Å². The number of nitro benzene ring substituents is 1. The smallest absolute Gasteiger partial charge is 0.328 e. The van der Waals surface area contributed by atoms with Gasteiger partial charge < -0.3 is 9.84 Å². The molecule has 0 atom stereocenters. The Labute approximate surface area is 116 Å². The highest BCUT2D eigenvalue weighted by Crippen LogP contribution is 2.28. The average molecular weight is 277 g/mol. The van der Waals surface area contributed by atoms with Crippen molar-refractivity contribution >= 4 is 17.7 Å². The molecule has 106 valence electrons. The fourth-order valence-corrected chi connectivity index (χ4v) is 1.37. The molecular formula is C14H15NO5. The standard InChI is InChI=1S/C14H15NO5/c1-10(2)7-8-20-13-9-11(4-6-14(16)17)3-5-12(13)15(18)19/h3-7,9H,8H2,1-2H3,(H,16,17). The molecule has 6 heteroatoms. The maximum atomic E-state index is 10.9. The number of benzene rings is 1. The summed E-state index contributed by atoms with van der Waals surface area (Å²) in [5.41, 5.74) is 1.40. The zero-order chi connectivity index (χ0) is 15.1. The molecule has 1 rings (SSSR count). The van der Waals surface area contributed by atoms with Crippen LogP contribution in [-0.2, 0) is 4.79 Å². The second kappa shape index (κ2) is 7.08. The fourth-order valence-electron chi connectivity index (χ4n) is 1.37. The van der Waals surface area contributed by atoms with E-state index in [1.807, 2.05) is 13.8 Å². The summed E-state index contributed by atoms with van der Waals surface area (Å²) in [6.45, 7) is 4.00. The molecule has 1 N–H and O–H groups in total. The zero-order valence-corrected chi connectivity index (χ0v) is 11.2. The van der Waals surface area contributed by atoms with Crippen molar-refractivity contribution < 1.29 is 19.6 Å². The van der Waals surface area contributed by atoms with Gasteiger partial charge in [0.1, 0.15) is 6.61 Å². The number of carboxylic acid groups (broad SMARTS) is 1. The molecule has 0 radical (unpaired) electrons. The average Bonchev–Trinajstić information content (AvgIpc) is 2.35. The number of hydrogen-bond acceptors (Lipinski definition) is 4. The van der Waals surface area contributed by atoms with E-state index < -0.39 is 10.9 Å². The van der Waals surface area contributed by atoms with E-state index in [0.717, 1.165) is 11.6 Å². The quantitative estimate of drug-likeness (QED) is 0.373. The van der Waals surface area contributed by atoms with Crippen LogP contribution in [0.2, 0.25) is 0 Å². The summed E-state index contributed by atoms with van der Waals surface area (Å²) in [5, 5.41) is 19.4. The number of carbonyl (C=O) groups is 1. The molecule has 20 heavy (non-hydrogen) atoms. The van der Waals surface area contributed by atoms with Crippen LogP contribution >= 0.6 is 0 Å². The van der Waals surface area contributed by atoms with Crippen LogP contribution in [-0.4, -0.2) is 22.6 Å². The molecule has 1 aromatic rings. The predicted molar refractivity (Wildman–Crippen MR) is 74.7 cm³/mol. The maximum Gasteiger partial charge on any atom is 0.328 e. The summed E-state index contributed by atoms with van der Waals surface area (Å²) in [5.74, 6) is -0.976. The van der Waals surface area contributed by atoms with Crippen molar-refractivity contribution in [1.82, 2.24) is 0 Å². The normalized spacial score (nSPS) is 10.3. The lowest BCUT2D eigenvalue weighted by atomic mass is 10.1. The fraction of sp³-hybridized carbons (Fsp3) is 0.214. The Hall–Kier alpha value is -2.63. The summed E-state index contributed by atoms with van der Waals surface area (Å²) in [6.07, 6.45) is 4.10. The van der Waals surface area contributed by atoms with Gasteiger partial charge in [0.2, 0.25) is 0 Å². The van der Waals surface area contributed by atoms with Crippen LogP contribution in [0.3, 0.4) is 0 Å². The van der Waals surface area contributed by atoms with Crippen molar-refractivity contribution in [3.8, 4) is 5.75 Å². The Morgan fingerprint density at radius 3 is 2.70 bits per heavy atom. The van der Waals surface area contributed by atoms with Crippen molar-refractivity contribution in [2.75, 3.05) is 6.61 Å². The van der Waals surface area contributed by atoms with Gasteiger partial charge in [0.25, 0.3) is 0 Å². The van der Waals surface area contributed by atoms with Crippen molar-refractivity contribution in [2.45, 2.75) is 13.8 Å². The number of nitro groups is 1. The van der Waals surface area contributed by atoms with E-state index in [1.54, 1.807) is 6.08 Å². The molecule has 0 saturated carbocycles. The van der Waals surface area contributed by atoms with Gasteiger partial charge in [-0.3, -0.25) is 10.1 Å². The number of allylic oxidation sites excluding steroid dienone is 1. The largest absolute Gasteiger partial charge is 0.483 e. The summed E-state index contributed by atoms with van der Waals surface area (Å²) in [6, 6.07) is 4.20. The Kier molecular flexibility index (Phi) is 5.46. The van der Waals surface area contributed by atoms with Gasteiger partial charge in [-0.15, -0.1) is 0 Å². The van der Waals surface area contributed by atoms with Crippen LogP contribution in [0.25, 0.3) is 6.08 Å². The molecule has 0 bridgehead atoms. The second-order valence-electron chi connectivity index (χ2n) is 4.25. The van der Waals surface area contributed by atoms with Crippen molar-refractivity contribution in [3.05, 3.63) is 51.6 Å². The lowest BCUT2D eigenvalue weighted by molar-refractivity contribution is -0.385. The van der Waals surface area contributed by atoms with E-state index in [4.69, 9.17) is 9.84 Å². The highest BCUT2D eigenvalue weighted by molar-refractivity contribution is 5.85. The van der Waals surface area contributed by atoms with Crippen molar-refractivity contribution in [1.29, 1.82) is 0 Å². The Balaban J connectivity index is 3.02. The molecule has 1 aromatic carbocycles. The third kappa shape index (κ3) is 4.93. The topological polar surface area (TPSA) is 89.7 Å². The summed E-state index contributed by atoms with van der Waals surface area (Å²) < 4.78 is 5.36. The molecule has 0 amide bonds. The van der Waals surface area contributed by atoms with Crippen molar-refractivity contribution in [3.63, 3.8) is 0 Å². The third-order valence-electron chi connectivity index (χ3n) is 2.33. The number of hydrogen-bond donors (Lipinski definition) is 1. The molecule has 6 nitrogen and oxygen atoms in total. The second-order valence-corrected chi connectivity index (χ2v) is 4.25. The molecule has 0 fully saturated rings. The minimum Gasteiger partial charge on any atom is -0.483 e. The zero-order valence-electron chi connectivity index (χ0n) is 11.2. The van der Waals surface area contributed by atoms with E-state index >= 15 is 0 Å². The first kappa shape index (κ1) is 15.4. The molecular weight excluding hydrogens is 262 g/mol. The Bertz CT molecular complexity index is 571. The number of aliphatic carboxylic acids is 1. The number of carboxylic acids is 1. The van der Waals surface area contributed by atoms with Crippen LogP contribution in [0.4, 0.5) is 5.69 Å². The summed E-state index contributed by atoms with van der Waals surface area (Å²) in [4.78, 5) is 20.8. The van der Waals surface area contributed by atoms with E-state index in [1.165, 1.54) is 24.3 Å². The monoisotopic (exact) mass is 277 g/mol.